The van der Waals surface area contributed by atoms with Crippen molar-refractivity contribution in [1.29, 1.82) is 0 Å². The molecule has 30 heavy (non-hydrogen) atoms. The first-order chi connectivity index (χ1) is 14.7. The van der Waals surface area contributed by atoms with E-state index in [9.17, 15) is 9.18 Å². The molecule has 5 rings (SSSR count). The summed E-state index contributed by atoms with van der Waals surface area (Å²) < 4.78 is 15.3. The van der Waals surface area contributed by atoms with Crippen LogP contribution in [0.5, 0.6) is 0 Å². The van der Waals surface area contributed by atoms with Gasteiger partial charge in [-0.25, -0.2) is 9.37 Å². The number of aromatic nitrogens is 4. The predicted molar refractivity (Wildman–Crippen MR) is 113 cm³/mol. The monoisotopic (exact) mass is 403 g/mol. The Morgan fingerprint density at radius 2 is 1.87 bits per heavy atom. The minimum Gasteiger partial charge on any atom is -0.297 e. The maximum Gasteiger partial charge on any atom is 0.274 e. The first-order valence-corrected chi connectivity index (χ1v) is 10.2. The van der Waals surface area contributed by atoms with Gasteiger partial charge in [0.2, 0.25) is 0 Å². The SMILES string of the molecule is O=c1cc(CN2CCC(Cc3ccccc3F)C2)nc2nc(-c3ccccc3)[nH]n12. The van der Waals surface area contributed by atoms with Crippen LogP contribution in [-0.2, 0) is 13.0 Å². The molecule has 0 aliphatic carbocycles. The van der Waals surface area contributed by atoms with E-state index in [-0.39, 0.29) is 11.4 Å². The molecular formula is C23H22FN5O. The van der Waals surface area contributed by atoms with Gasteiger partial charge in [0.1, 0.15) is 5.82 Å². The lowest BCUT2D eigenvalue weighted by atomic mass is 9.98. The molecule has 0 radical (unpaired) electrons. The standard InChI is InChI=1S/C23H22FN5O/c24-20-9-5-4-8-18(20)12-16-10-11-28(14-16)15-19-13-21(30)29-23(25-19)26-22(27-29)17-6-2-1-3-7-17/h1-9,13,16H,10-12,14-15H2,(H,25,26,27). The van der Waals surface area contributed by atoms with Gasteiger partial charge in [-0.2, -0.15) is 9.50 Å². The maximum atomic E-state index is 13.9. The average Bonchev–Trinajstić information content (AvgIpc) is 3.38. The van der Waals surface area contributed by atoms with Gasteiger partial charge in [0.05, 0.1) is 5.69 Å². The van der Waals surface area contributed by atoms with Crippen LogP contribution in [0.4, 0.5) is 4.39 Å². The lowest BCUT2D eigenvalue weighted by Crippen LogP contribution is -2.24. The third kappa shape index (κ3) is 3.76. The van der Waals surface area contributed by atoms with Gasteiger partial charge in [-0.05, 0) is 36.9 Å². The van der Waals surface area contributed by atoms with Crippen LogP contribution in [0, 0.1) is 11.7 Å². The number of rotatable bonds is 5. The Balaban J connectivity index is 1.31. The van der Waals surface area contributed by atoms with E-state index in [1.807, 2.05) is 42.5 Å². The molecule has 1 fully saturated rings. The molecule has 1 N–H and O–H groups in total. The molecule has 1 atom stereocenters. The van der Waals surface area contributed by atoms with Crippen LogP contribution >= 0.6 is 0 Å². The third-order valence-corrected chi connectivity index (χ3v) is 5.65. The number of aromatic amines is 1. The smallest absolute Gasteiger partial charge is 0.274 e. The molecule has 3 heterocycles. The van der Waals surface area contributed by atoms with Gasteiger partial charge >= 0.3 is 0 Å². The second-order valence-electron chi connectivity index (χ2n) is 7.84. The topological polar surface area (TPSA) is 66.3 Å². The summed E-state index contributed by atoms with van der Waals surface area (Å²) in [6, 6.07) is 18.2. The Labute approximate surface area is 173 Å². The van der Waals surface area contributed by atoms with E-state index in [2.05, 4.69) is 20.0 Å². The fourth-order valence-corrected chi connectivity index (χ4v) is 4.16. The fraction of sp³-hybridized carbons (Fsp3) is 0.261. The zero-order valence-corrected chi connectivity index (χ0v) is 16.5. The van der Waals surface area contributed by atoms with Crippen molar-refractivity contribution in [3.05, 3.63) is 88.1 Å². The fourth-order valence-electron chi connectivity index (χ4n) is 4.16. The van der Waals surface area contributed by atoms with Gasteiger partial charge in [0.15, 0.2) is 5.82 Å². The second-order valence-corrected chi connectivity index (χ2v) is 7.84. The summed E-state index contributed by atoms with van der Waals surface area (Å²) in [4.78, 5) is 23.9. The van der Waals surface area contributed by atoms with Gasteiger partial charge < -0.3 is 0 Å². The first-order valence-electron chi connectivity index (χ1n) is 10.2. The predicted octanol–water partition coefficient (Wildman–Crippen LogP) is 3.29. The van der Waals surface area contributed by atoms with E-state index in [0.29, 0.717) is 29.8 Å². The van der Waals surface area contributed by atoms with E-state index >= 15 is 0 Å². The van der Waals surface area contributed by atoms with Crippen molar-refractivity contribution in [2.45, 2.75) is 19.4 Å². The van der Waals surface area contributed by atoms with Crippen LogP contribution in [0.25, 0.3) is 17.2 Å². The quantitative estimate of drug-likeness (QED) is 0.555. The number of benzene rings is 2. The van der Waals surface area contributed by atoms with Crippen molar-refractivity contribution in [2.24, 2.45) is 5.92 Å². The molecular weight excluding hydrogens is 381 g/mol. The molecule has 0 spiro atoms. The number of nitrogens with one attached hydrogen (secondary N) is 1. The number of nitrogens with zero attached hydrogens (tertiary/aromatic N) is 4. The van der Waals surface area contributed by atoms with Crippen LogP contribution in [0.3, 0.4) is 0 Å². The summed E-state index contributed by atoms with van der Waals surface area (Å²) in [6.07, 6.45) is 1.74. The van der Waals surface area contributed by atoms with E-state index < -0.39 is 0 Å². The molecule has 2 aromatic heterocycles. The largest absolute Gasteiger partial charge is 0.297 e. The molecule has 1 saturated heterocycles. The summed E-state index contributed by atoms with van der Waals surface area (Å²) in [5.41, 5.74) is 2.20. The normalized spacial score (nSPS) is 17.0. The molecule has 6 nitrogen and oxygen atoms in total. The molecule has 1 unspecified atom stereocenters. The lowest BCUT2D eigenvalue weighted by molar-refractivity contribution is 0.312. The number of likely N-dealkylation sites (tertiary alicyclic amines) is 1. The highest BCUT2D eigenvalue weighted by Crippen LogP contribution is 2.23. The molecule has 0 saturated carbocycles. The number of H-pyrrole nitrogens is 1. The molecule has 7 heteroatoms. The molecule has 2 aromatic carbocycles. The van der Waals surface area contributed by atoms with Crippen molar-refractivity contribution in [1.82, 2.24) is 24.5 Å². The lowest BCUT2D eigenvalue weighted by Gasteiger charge is -2.15. The van der Waals surface area contributed by atoms with Gasteiger partial charge in [0.25, 0.3) is 11.3 Å². The van der Waals surface area contributed by atoms with Crippen LogP contribution in [0.1, 0.15) is 17.7 Å². The van der Waals surface area contributed by atoms with Crippen LogP contribution in [0.2, 0.25) is 0 Å². The summed E-state index contributed by atoms with van der Waals surface area (Å²) >= 11 is 0. The number of hydrogen-bond donors (Lipinski definition) is 1. The Hall–Kier alpha value is -3.32. The highest BCUT2D eigenvalue weighted by atomic mass is 19.1. The number of halogens is 1. The summed E-state index contributed by atoms with van der Waals surface area (Å²) in [5.74, 6) is 1.26. The van der Waals surface area contributed by atoms with Gasteiger partial charge in [-0.3, -0.25) is 14.8 Å². The summed E-state index contributed by atoms with van der Waals surface area (Å²) in [5, 5.41) is 3.02. The van der Waals surface area contributed by atoms with E-state index in [1.54, 1.807) is 12.1 Å². The second kappa shape index (κ2) is 7.84. The first kappa shape index (κ1) is 18.7. The summed E-state index contributed by atoms with van der Waals surface area (Å²) in [7, 11) is 0. The van der Waals surface area contributed by atoms with Crippen molar-refractivity contribution in [2.75, 3.05) is 13.1 Å². The van der Waals surface area contributed by atoms with Crippen molar-refractivity contribution in [3.8, 4) is 11.4 Å². The van der Waals surface area contributed by atoms with Crippen molar-refractivity contribution in [3.63, 3.8) is 0 Å². The highest BCUT2D eigenvalue weighted by Gasteiger charge is 2.24. The van der Waals surface area contributed by atoms with Crippen molar-refractivity contribution >= 4 is 5.78 Å². The molecule has 1 aliphatic heterocycles. The van der Waals surface area contributed by atoms with E-state index in [1.165, 1.54) is 10.6 Å². The number of hydrogen-bond acceptors (Lipinski definition) is 4. The Kier molecular flexibility index (Phi) is 4.88. The van der Waals surface area contributed by atoms with Gasteiger partial charge in [-0.1, -0.05) is 48.5 Å². The Morgan fingerprint density at radius 1 is 1.07 bits per heavy atom. The van der Waals surface area contributed by atoms with E-state index in [0.717, 1.165) is 37.1 Å². The van der Waals surface area contributed by atoms with Gasteiger partial charge in [-0.15, -0.1) is 0 Å². The highest BCUT2D eigenvalue weighted by molar-refractivity contribution is 5.56. The van der Waals surface area contributed by atoms with Crippen LogP contribution in [-0.4, -0.2) is 37.6 Å². The zero-order chi connectivity index (χ0) is 20.5. The van der Waals surface area contributed by atoms with Crippen LogP contribution < -0.4 is 5.56 Å². The van der Waals surface area contributed by atoms with E-state index in [4.69, 9.17) is 0 Å². The Morgan fingerprint density at radius 3 is 2.70 bits per heavy atom. The molecule has 1 aliphatic rings. The minimum absolute atomic E-state index is 0.135. The van der Waals surface area contributed by atoms with Gasteiger partial charge in [0, 0.05) is 24.7 Å². The minimum atomic E-state index is -0.174. The average molecular weight is 403 g/mol. The molecule has 0 bridgehead atoms. The molecule has 0 amide bonds. The van der Waals surface area contributed by atoms with Crippen molar-refractivity contribution < 1.29 is 4.39 Å². The number of fused-ring (bicyclic) bond motifs is 1. The third-order valence-electron chi connectivity index (χ3n) is 5.65. The maximum absolute atomic E-state index is 13.9. The zero-order valence-electron chi connectivity index (χ0n) is 16.5. The molecule has 152 valence electrons. The summed E-state index contributed by atoms with van der Waals surface area (Å²) in [6.45, 7) is 2.37. The van der Waals surface area contributed by atoms with Crippen LogP contribution in [0.15, 0.2) is 65.5 Å². The Bertz CT molecular complexity index is 1230. The molecule has 4 aromatic rings.